The lowest BCUT2D eigenvalue weighted by Crippen LogP contribution is -2.66. The van der Waals surface area contributed by atoms with Gasteiger partial charge >= 0.3 is 7.40 Å². The summed E-state index contributed by atoms with van der Waals surface area (Å²) < 4.78 is 32.3. The van der Waals surface area contributed by atoms with E-state index in [0.29, 0.717) is 12.2 Å². The first-order chi connectivity index (χ1) is 16.9. The van der Waals surface area contributed by atoms with Gasteiger partial charge in [0.15, 0.2) is 5.71 Å². The lowest BCUT2D eigenvalue weighted by Gasteiger charge is -2.19. The zero-order valence-corrected chi connectivity index (χ0v) is 19.5. The molecule has 0 atom stereocenters. The zero-order chi connectivity index (χ0) is 23.9. The van der Waals surface area contributed by atoms with E-state index in [0.717, 1.165) is 49.2 Å². The van der Waals surface area contributed by atoms with Crippen LogP contribution in [-0.2, 0) is 12.0 Å². The molecule has 3 aromatic carbocycles. The summed E-state index contributed by atoms with van der Waals surface area (Å²) in [5.41, 5.74) is 8.83. The zero-order valence-electron chi connectivity index (χ0n) is 19.5. The van der Waals surface area contributed by atoms with Gasteiger partial charge in [0.1, 0.15) is 0 Å². The van der Waals surface area contributed by atoms with Gasteiger partial charge in [-0.3, -0.25) is 8.63 Å². The molecule has 35 heavy (non-hydrogen) atoms. The van der Waals surface area contributed by atoms with E-state index in [2.05, 4.69) is 59.8 Å². The summed E-state index contributed by atoms with van der Waals surface area (Å²) in [6.07, 6.45) is 1.58. The van der Waals surface area contributed by atoms with Gasteiger partial charge in [0.2, 0.25) is 5.69 Å². The molecule has 7 rings (SSSR count). The molecule has 0 spiro atoms. The molecule has 4 heterocycles. The highest BCUT2D eigenvalue weighted by atomic mass is 19.2. The summed E-state index contributed by atoms with van der Waals surface area (Å²) in [7, 11) is -2.65. The monoisotopic (exact) mass is 462 g/mol. The predicted octanol–water partition coefficient (Wildman–Crippen LogP) is 5.40. The number of aromatic nitrogens is 2. The Morgan fingerprint density at radius 3 is 2.43 bits per heavy atom. The van der Waals surface area contributed by atoms with E-state index in [-0.39, 0.29) is 5.41 Å². The summed E-state index contributed by atoms with van der Waals surface area (Å²) in [6.45, 7) is 5.06. The van der Waals surface area contributed by atoms with E-state index >= 15 is 0 Å². The Bertz CT molecular complexity index is 1690. The maximum absolute atomic E-state index is 14.5. The molecule has 0 fully saturated rings. The summed E-state index contributed by atoms with van der Waals surface area (Å²) in [5, 5.41) is 1.64. The van der Waals surface area contributed by atoms with Crippen molar-refractivity contribution in [2.75, 3.05) is 0 Å². The smallest absolute Gasteiger partial charge is 0.334 e. The molecular formula is C29H23BF2N3+. The van der Waals surface area contributed by atoms with Gasteiger partial charge in [0, 0.05) is 35.3 Å². The Hall–Kier alpha value is -3.93. The van der Waals surface area contributed by atoms with E-state index in [1.165, 1.54) is 11.1 Å². The van der Waals surface area contributed by atoms with Crippen molar-refractivity contribution in [1.29, 1.82) is 0 Å². The average molecular weight is 462 g/mol. The molecule has 0 saturated carbocycles. The van der Waals surface area contributed by atoms with Crippen molar-refractivity contribution in [3.05, 3.63) is 102 Å². The summed E-state index contributed by atoms with van der Waals surface area (Å²) in [5.74, 6) is 0. The third kappa shape index (κ3) is 2.74. The van der Waals surface area contributed by atoms with Crippen molar-refractivity contribution in [3.63, 3.8) is 0 Å². The number of hydrogen-bond acceptors (Lipinski definition) is 0. The minimum atomic E-state index is -2.65. The Balaban J connectivity index is 1.58. The third-order valence-corrected chi connectivity index (χ3v) is 7.66. The maximum Gasteiger partial charge on any atom is 0.677 e. The molecule has 0 unspecified atom stereocenters. The van der Waals surface area contributed by atoms with Gasteiger partial charge in [-0.05, 0) is 30.9 Å². The SMILES string of the molecule is CC1(C)C(c2cc3n(c2-c2c4ccccc4cn2B(F)F)Cc2ccccc2-3)=[NH+]c2ccccc21. The number of nitrogens with zero attached hydrogens (tertiary/aromatic N) is 2. The normalized spacial score (nSPS) is 15.1. The maximum atomic E-state index is 14.5. The van der Waals surface area contributed by atoms with Crippen LogP contribution in [-0.4, -0.2) is 22.2 Å². The molecule has 2 aromatic heterocycles. The highest BCUT2D eigenvalue weighted by Gasteiger charge is 2.45. The first kappa shape index (κ1) is 20.4. The van der Waals surface area contributed by atoms with Crippen molar-refractivity contribution < 1.29 is 13.6 Å². The second kappa shape index (κ2) is 7.04. The van der Waals surface area contributed by atoms with Gasteiger partial charge in [-0.15, -0.1) is 0 Å². The molecule has 0 bridgehead atoms. The van der Waals surface area contributed by atoms with E-state index in [4.69, 9.17) is 0 Å². The van der Waals surface area contributed by atoms with E-state index < -0.39 is 7.40 Å². The summed E-state index contributed by atoms with van der Waals surface area (Å²) >= 11 is 0. The Labute approximate surface area is 202 Å². The van der Waals surface area contributed by atoms with Crippen LogP contribution in [0.3, 0.4) is 0 Å². The van der Waals surface area contributed by atoms with Crippen molar-refractivity contribution in [1.82, 2.24) is 9.05 Å². The average Bonchev–Trinajstić information content (AvgIpc) is 3.57. The molecule has 170 valence electrons. The number of rotatable bonds is 3. The minimum Gasteiger partial charge on any atom is -0.334 e. The molecule has 0 aliphatic carbocycles. The van der Waals surface area contributed by atoms with Gasteiger partial charge in [-0.2, -0.15) is 0 Å². The van der Waals surface area contributed by atoms with Crippen molar-refractivity contribution >= 4 is 29.6 Å². The van der Waals surface area contributed by atoms with E-state index in [9.17, 15) is 8.63 Å². The Morgan fingerprint density at radius 1 is 0.857 bits per heavy atom. The largest absolute Gasteiger partial charge is 0.677 e. The van der Waals surface area contributed by atoms with Crippen LogP contribution in [0.1, 0.15) is 30.5 Å². The first-order valence-corrected chi connectivity index (χ1v) is 11.9. The van der Waals surface area contributed by atoms with E-state index in [1.807, 2.05) is 42.5 Å². The highest BCUT2D eigenvalue weighted by Crippen LogP contribution is 2.45. The minimum absolute atomic E-state index is 0.300. The lowest BCUT2D eigenvalue weighted by molar-refractivity contribution is -0.350. The van der Waals surface area contributed by atoms with Crippen LogP contribution in [0, 0.1) is 0 Å². The van der Waals surface area contributed by atoms with Crippen LogP contribution < -0.4 is 4.99 Å². The van der Waals surface area contributed by atoms with Gasteiger partial charge in [-0.25, -0.2) is 4.99 Å². The predicted molar refractivity (Wildman–Crippen MR) is 137 cm³/mol. The number of fused-ring (bicyclic) bond motifs is 5. The molecule has 6 heteroatoms. The molecule has 3 nitrogen and oxygen atoms in total. The third-order valence-electron chi connectivity index (χ3n) is 7.66. The summed E-state index contributed by atoms with van der Waals surface area (Å²) in [6, 6.07) is 26.5. The molecule has 1 N–H and O–H groups in total. The molecule has 0 radical (unpaired) electrons. The van der Waals surface area contributed by atoms with E-state index in [1.54, 1.807) is 6.20 Å². The standard InChI is InChI=1S/C29H22BF2N3/c1-29(2)23-13-7-8-14-24(23)33-28(29)22-15-25-20-11-5-3-9-18(20)16-34(25)26(22)27-21-12-6-4-10-19(21)17-35(27)30(31)32/h3-15,17H,16H2,1-2H3/p+1. The second-order valence-electron chi connectivity index (χ2n) is 9.96. The molecule has 5 aromatic rings. The van der Waals surface area contributed by atoms with Crippen LogP contribution in [0.5, 0.6) is 0 Å². The van der Waals surface area contributed by atoms with Crippen molar-refractivity contribution in [2.45, 2.75) is 25.8 Å². The number of nitrogens with one attached hydrogen (secondary N) is 1. The lowest BCUT2D eigenvalue weighted by atomic mass is 9.78. The second-order valence-corrected chi connectivity index (χ2v) is 9.96. The first-order valence-electron chi connectivity index (χ1n) is 11.9. The van der Waals surface area contributed by atoms with Crippen LogP contribution in [0.4, 0.5) is 14.3 Å². The Kier molecular flexibility index (Phi) is 4.12. The molecule has 2 aliphatic heterocycles. The highest BCUT2D eigenvalue weighted by molar-refractivity contribution is 6.42. The van der Waals surface area contributed by atoms with Crippen LogP contribution in [0.2, 0.25) is 0 Å². The number of hydrogen-bond donors (Lipinski definition) is 1. The van der Waals surface area contributed by atoms with Gasteiger partial charge < -0.3 is 9.05 Å². The summed E-state index contributed by atoms with van der Waals surface area (Å²) in [4.78, 5) is 3.66. The Morgan fingerprint density at radius 2 is 1.60 bits per heavy atom. The number of halogens is 2. The van der Waals surface area contributed by atoms with Crippen LogP contribution in [0.25, 0.3) is 33.4 Å². The fourth-order valence-electron chi connectivity index (χ4n) is 6.01. The molecule has 2 aliphatic rings. The fourth-order valence-corrected chi connectivity index (χ4v) is 6.01. The van der Waals surface area contributed by atoms with Crippen LogP contribution >= 0.6 is 0 Å². The van der Waals surface area contributed by atoms with Crippen molar-refractivity contribution in [2.24, 2.45) is 0 Å². The molecule has 0 saturated heterocycles. The topological polar surface area (TPSA) is 23.8 Å². The van der Waals surface area contributed by atoms with Gasteiger partial charge in [0.25, 0.3) is 0 Å². The molecular weight excluding hydrogens is 439 g/mol. The van der Waals surface area contributed by atoms with Gasteiger partial charge in [0.05, 0.1) is 28.1 Å². The number of para-hydroxylation sites is 1. The molecule has 0 amide bonds. The van der Waals surface area contributed by atoms with Crippen LogP contribution in [0.15, 0.2) is 85.1 Å². The van der Waals surface area contributed by atoms with Crippen molar-refractivity contribution in [3.8, 4) is 22.6 Å². The quantitative estimate of drug-likeness (QED) is 0.341. The number of benzene rings is 3. The fraction of sp³-hybridized carbons (Fsp3) is 0.138. The van der Waals surface area contributed by atoms with Gasteiger partial charge in [-0.1, -0.05) is 66.7 Å².